The summed E-state index contributed by atoms with van der Waals surface area (Å²) in [7, 11) is -3.87. The third kappa shape index (κ3) is 4.95. The summed E-state index contributed by atoms with van der Waals surface area (Å²) >= 11 is 6.10. The summed E-state index contributed by atoms with van der Waals surface area (Å²) < 4.78 is 37.9. The first-order valence-corrected chi connectivity index (χ1v) is 10.1. The fourth-order valence-electron chi connectivity index (χ4n) is 2.69. The Morgan fingerprint density at radius 1 is 1.38 bits per heavy atom. The second-order valence-corrected chi connectivity index (χ2v) is 8.44. The summed E-state index contributed by atoms with van der Waals surface area (Å²) in [6.07, 6.45) is 0.229. The lowest BCUT2D eigenvalue weighted by Gasteiger charge is -2.34. The average Bonchev–Trinajstić information content (AvgIpc) is 2.58. The molecular formula is C17H21ClN2O5S. The van der Waals surface area contributed by atoms with Crippen LogP contribution >= 0.6 is 11.6 Å². The van der Waals surface area contributed by atoms with Crippen LogP contribution in [-0.2, 0) is 19.5 Å². The second-order valence-electron chi connectivity index (χ2n) is 6.12. The molecular weight excluding hydrogens is 380 g/mol. The number of benzene rings is 1. The Kier molecular flexibility index (Phi) is 7.01. The lowest BCUT2D eigenvalue weighted by Crippen LogP contribution is -2.48. The molecule has 0 aromatic heterocycles. The maximum absolute atomic E-state index is 13.0. The van der Waals surface area contributed by atoms with Gasteiger partial charge in [0.2, 0.25) is 10.0 Å². The van der Waals surface area contributed by atoms with Crippen LogP contribution in [0, 0.1) is 11.3 Å². The maximum Gasteiger partial charge on any atom is 0.338 e. The second kappa shape index (κ2) is 8.82. The zero-order valence-electron chi connectivity index (χ0n) is 14.6. The van der Waals surface area contributed by atoms with Gasteiger partial charge in [-0.3, -0.25) is 0 Å². The summed E-state index contributed by atoms with van der Waals surface area (Å²) in [4.78, 5) is 12.0. The Balaban J connectivity index is 2.23. The minimum atomic E-state index is -3.87. The van der Waals surface area contributed by atoms with Crippen molar-refractivity contribution >= 4 is 27.6 Å². The molecule has 1 aromatic carbocycles. The standard InChI is InChI=1S/C17H21ClN2O5S/c1-12-10-20(11-13(2)25-12)26(22,23)16-9-14(5-6-15(16)18)17(21)24-8-4-3-7-19/h5-6,9,12-13H,3-4,8,10-11H2,1-2H3. The van der Waals surface area contributed by atoms with Gasteiger partial charge in [0.1, 0.15) is 4.90 Å². The van der Waals surface area contributed by atoms with E-state index < -0.39 is 16.0 Å². The number of morpholine rings is 1. The highest BCUT2D eigenvalue weighted by Gasteiger charge is 2.33. The minimum absolute atomic E-state index is 0.0397. The Hall–Kier alpha value is -1.66. The highest BCUT2D eigenvalue weighted by molar-refractivity contribution is 7.89. The van der Waals surface area contributed by atoms with Gasteiger partial charge in [-0.1, -0.05) is 11.6 Å². The highest BCUT2D eigenvalue weighted by Crippen LogP contribution is 2.28. The van der Waals surface area contributed by atoms with Gasteiger partial charge in [-0.05, 0) is 38.5 Å². The van der Waals surface area contributed by atoms with Gasteiger partial charge in [-0.2, -0.15) is 9.57 Å². The molecule has 1 aliphatic heterocycles. The van der Waals surface area contributed by atoms with Gasteiger partial charge in [0.15, 0.2) is 0 Å². The van der Waals surface area contributed by atoms with Gasteiger partial charge in [-0.25, -0.2) is 13.2 Å². The number of carbonyl (C=O) groups excluding carboxylic acids is 1. The van der Waals surface area contributed by atoms with Gasteiger partial charge in [0.05, 0.1) is 35.5 Å². The van der Waals surface area contributed by atoms with Gasteiger partial charge >= 0.3 is 5.97 Å². The molecule has 1 aliphatic rings. The first kappa shape index (κ1) is 20.6. The van der Waals surface area contributed by atoms with Crippen LogP contribution in [-0.4, -0.2) is 50.6 Å². The molecule has 1 aromatic rings. The van der Waals surface area contributed by atoms with E-state index in [9.17, 15) is 13.2 Å². The van der Waals surface area contributed by atoms with Gasteiger partial charge in [0, 0.05) is 19.5 Å². The van der Waals surface area contributed by atoms with Crippen LogP contribution in [0.5, 0.6) is 0 Å². The third-order valence-electron chi connectivity index (χ3n) is 3.84. The maximum atomic E-state index is 13.0. The molecule has 26 heavy (non-hydrogen) atoms. The Bertz CT molecular complexity index is 796. The van der Waals surface area contributed by atoms with Crippen LogP contribution in [0.1, 0.15) is 37.0 Å². The van der Waals surface area contributed by atoms with E-state index in [1.165, 1.54) is 22.5 Å². The number of esters is 1. The summed E-state index contributed by atoms with van der Waals surface area (Å²) in [5, 5.41) is 8.52. The molecule has 2 atom stereocenters. The monoisotopic (exact) mass is 400 g/mol. The molecule has 0 amide bonds. The van der Waals surface area contributed by atoms with Gasteiger partial charge in [-0.15, -0.1) is 0 Å². The molecule has 0 saturated carbocycles. The number of halogens is 1. The Morgan fingerprint density at radius 2 is 2.04 bits per heavy atom. The third-order valence-corrected chi connectivity index (χ3v) is 6.15. The summed E-state index contributed by atoms with van der Waals surface area (Å²) in [6, 6.07) is 5.97. The van der Waals surface area contributed by atoms with Crippen molar-refractivity contribution in [2.75, 3.05) is 19.7 Å². The molecule has 0 N–H and O–H groups in total. The number of hydrogen-bond donors (Lipinski definition) is 0. The molecule has 0 aliphatic carbocycles. The van der Waals surface area contributed by atoms with E-state index in [0.29, 0.717) is 6.42 Å². The fourth-order valence-corrected chi connectivity index (χ4v) is 4.78. The van der Waals surface area contributed by atoms with E-state index in [1.54, 1.807) is 13.8 Å². The first-order chi connectivity index (χ1) is 12.3. The van der Waals surface area contributed by atoms with Crippen LogP contribution < -0.4 is 0 Å². The number of unbranched alkanes of at least 4 members (excludes halogenated alkanes) is 1. The number of nitriles is 1. The van der Waals surface area contributed by atoms with Crippen molar-refractivity contribution in [3.63, 3.8) is 0 Å². The van der Waals surface area contributed by atoms with E-state index in [2.05, 4.69) is 0 Å². The Labute approximate surface area is 158 Å². The van der Waals surface area contributed by atoms with E-state index in [1.807, 2.05) is 6.07 Å². The molecule has 0 radical (unpaired) electrons. The molecule has 1 fully saturated rings. The molecule has 1 saturated heterocycles. The number of hydrogen-bond acceptors (Lipinski definition) is 6. The van der Waals surface area contributed by atoms with Crippen LogP contribution in [0.15, 0.2) is 23.1 Å². The summed E-state index contributed by atoms with van der Waals surface area (Å²) in [6.45, 7) is 4.12. The first-order valence-electron chi connectivity index (χ1n) is 8.25. The quantitative estimate of drug-likeness (QED) is 0.537. The van der Waals surface area contributed by atoms with Crippen LogP contribution in [0.3, 0.4) is 0 Å². The molecule has 142 valence electrons. The van der Waals surface area contributed by atoms with Crippen molar-refractivity contribution in [3.05, 3.63) is 28.8 Å². The highest BCUT2D eigenvalue weighted by atomic mass is 35.5. The van der Waals surface area contributed by atoms with E-state index in [-0.39, 0.29) is 53.8 Å². The molecule has 1 heterocycles. The smallest absolute Gasteiger partial charge is 0.338 e. The topological polar surface area (TPSA) is 96.7 Å². The van der Waals surface area contributed by atoms with Crippen molar-refractivity contribution in [2.45, 2.75) is 43.8 Å². The molecule has 9 heteroatoms. The number of sulfonamides is 1. The Morgan fingerprint density at radius 3 is 2.65 bits per heavy atom. The SMILES string of the molecule is CC1CN(S(=O)(=O)c2cc(C(=O)OCCCC#N)ccc2Cl)CC(C)O1. The van der Waals surface area contributed by atoms with Crippen LogP contribution in [0.25, 0.3) is 0 Å². The van der Waals surface area contributed by atoms with E-state index >= 15 is 0 Å². The molecule has 0 spiro atoms. The van der Waals surface area contributed by atoms with Crippen molar-refractivity contribution < 1.29 is 22.7 Å². The number of ether oxygens (including phenoxy) is 2. The number of carbonyl (C=O) groups is 1. The van der Waals surface area contributed by atoms with Crippen molar-refractivity contribution in [3.8, 4) is 6.07 Å². The molecule has 7 nitrogen and oxygen atoms in total. The number of nitrogens with zero attached hydrogens (tertiary/aromatic N) is 2. The normalized spacial score (nSPS) is 21.2. The zero-order valence-corrected chi connectivity index (χ0v) is 16.2. The molecule has 0 bridgehead atoms. The zero-order chi connectivity index (χ0) is 19.3. The predicted molar refractivity (Wildman–Crippen MR) is 95.3 cm³/mol. The summed E-state index contributed by atoms with van der Waals surface area (Å²) in [5.41, 5.74) is 0.0966. The minimum Gasteiger partial charge on any atom is -0.462 e. The van der Waals surface area contributed by atoms with E-state index in [0.717, 1.165) is 0 Å². The van der Waals surface area contributed by atoms with E-state index in [4.69, 9.17) is 26.3 Å². The largest absolute Gasteiger partial charge is 0.462 e. The number of rotatable bonds is 6. The summed E-state index contributed by atoms with van der Waals surface area (Å²) in [5.74, 6) is -0.653. The van der Waals surface area contributed by atoms with Crippen LogP contribution in [0.2, 0.25) is 5.02 Å². The average molecular weight is 401 g/mol. The lowest BCUT2D eigenvalue weighted by molar-refractivity contribution is -0.0440. The fraction of sp³-hybridized carbons (Fsp3) is 0.529. The van der Waals surface area contributed by atoms with Crippen molar-refractivity contribution in [2.24, 2.45) is 0 Å². The van der Waals surface area contributed by atoms with Crippen molar-refractivity contribution in [1.29, 1.82) is 5.26 Å². The van der Waals surface area contributed by atoms with Gasteiger partial charge in [0.25, 0.3) is 0 Å². The predicted octanol–water partition coefficient (Wildman–Crippen LogP) is 2.60. The molecule has 2 rings (SSSR count). The van der Waals surface area contributed by atoms with Crippen molar-refractivity contribution in [1.82, 2.24) is 4.31 Å². The lowest BCUT2D eigenvalue weighted by atomic mass is 10.2. The van der Waals surface area contributed by atoms with Crippen LogP contribution in [0.4, 0.5) is 0 Å². The van der Waals surface area contributed by atoms with Gasteiger partial charge < -0.3 is 9.47 Å². The molecule has 2 unspecified atom stereocenters.